The molecule has 1 saturated carbocycles. The molecule has 0 amide bonds. The predicted octanol–water partition coefficient (Wildman–Crippen LogP) is 3.82. The zero-order valence-corrected chi connectivity index (χ0v) is 18.9. The number of hydrogen-bond donors (Lipinski definition) is 2. The summed E-state index contributed by atoms with van der Waals surface area (Å²) < 4.78 is 8.30. The molecule has 0 radical (unpaired) electrons. The summed E-state index contributed by atoms with van der Waals surface area (Å²) in [6, 6.07) is 11.8. The van der Waals surface area contributed by atoms with Gasteiger partial charge in [-0.1, -0.05) is 17.7 Å². The fourth-order valence-corrected chi connectivity index (χ4v) is 5.16. The van der Waals surface area contributed by atoms with E-state index in [9.17, 15) is 5.11 Å². The molecule has 8 heteroatoms. The van der Waals surface area contributed by atoms with Crippen LogP contribution in [0, 0.1) is 0 Å². The minimum absolute atomic E-state index is 0.0630. The van der Waals surface area contributed by atoms with Gasteiger partial charge in [0.25, 0.3) is 0 Å². The molecule has 1 fully saturated rings. The summed E-state index contributed by atoms with van der Waals surface area (Å²) in [6.07, 6.45) is 6.73. The predicted molar refractivity (Wildman–Crippen MR) is 122 cm³/mol. The van der Waals surface area contributed by atoms with Crippen LogP contribution in [0.25, 0.3) is 5.69 Å². The van der Waals surface area contributed by atoms with Gasteiger partial charge in [0.1, 0.15) is 24.0 Å². The smallest absolute Gasteiger partial charge is 0.213 e. The zero-order chi connectivity index (χ0) is 22.1. The highest BCUT2D eigenvalue weighted by molar-refractivity contribution is 6.30. The minimum atomic E-state index is -0.592. The zero-order valence-electron chi connectivity index (χ0n) is 18.1. The van der Waals surface area contributed by atoms with E-state index in [1.807, 2.05) is 30.3 Å². The van der Waals surface area contributed by atoms with E-state index < -0.39 is 6.23 Å². The summed E-state index contributed by atoms with van der Waals surface area (Å²) in [4.78, 5) is 4.29. The van der Waals surface area contributed by atoms with Gasteiger partial charge in [-0.3, -0.25) is 9.88 Å². The average Bonchev–Trinajstić information content (AvgIpc) is 3.11. The molecule has 0 saturated heterocycles. The van der Waals surface area contributed by atoms with E-state index in [4.69, 9.17) is 16.3 Å². The maximum Gasteiger partial charge on any atom is 0.213 e. The van der Waals surface area contributed by atoms with Gasteiger partial charge in [-0.15, -0.1) is 10.2 Å². The van der Waals surface area contributed by atoms with Crippen molar-refractivity contribution in [1.29, 1.82) is 0 Å². The summed E-state index contributed by atoms with van der Waals surface area (Å²) in [7, 11) is 0. The standard InChI is InChI=1S/C24H28ClN5O2/c1-15(31)27-19-13-17-12-18(25)7-10-21(17)30-22(14-19)28-29-24(30)16-5-8-20(9-6-16)32-23-4-2-3-11-26-23/h2-4,7,10-12,15-16,19-20,27,31H,5-6,8-9,13-14H2,1H3/t15?,16-,19-,20-/m1/s1. The molecule has 168 valence electrons. The van der Waals surface area contributed by atoms with Crippen LogP contribution in [0.1, 0.15) is 55.7 Å². The van der Waals surface area contributed by atoms with E-state index in [1.165, 1.54) is 0 Å². The molecule has 3 aromatic rings. The number of halogens is 1. The number of nitrogens with zero attached hydrogens (tertiary/aromatic N) is 4. The molecule has 0 bridgehead atoms. The lowest BCUT2D eigenvalue weighted by Crippen LogP contribution is -2.39. The molecule has 7 nitrogen and oxygen atoms in total. The van der Waals surface area contributed by atoms with Crippen molar-refractivity contribution < 1.29 is 9.84 Å². The van der Waals surface area contributed by atoms with Crippen molar-refractivity contribution in [2.75, 3.05) is 0 Å². The molecule has 2 aliphatic rings. The first kappa shape index (κ1) is 21.4. The van der Waals surface area contributed by atoms with Gasteiger partial charge in [0, 0.05) is 35.7 Å². The van der Waals surface area contributed by atoms with Crippen LogP contribution >= 0.6 is 11.6 Å². The maximum absolute atomic E-state index is 9.89. The molecule has 2 N–H and O–H groups in total. The third-order valence-electron chi connectivity index (χ3n) is 6.37. The van der Waals surface area contributed by atoms with Crippen LogP contribution in [-0.2, 0) is 12.8 Å². The molecule has 1 unspecified atom stereocenters. The first-order valence-corrected chi connectivity index (χ1v) is 11.7. The van der Waals surface area contributed by atoms with Crippen LogP contribution in [0.5, 0.6) is 5.88 Å². The largest absolute Gasteiger partial charge is 0.474 e. The van der Waals surface area contributed by atoms with Crippen LogP contribution in [0.15, 0.2) is 42.6 Å². The fourth-order valence-electron chi connectivity index (χ4n) is 4.97. The number of benzene rings is 1. The average molecular weight is 454 g/mol. The SMILES string of the molecule is CC(O)N[C@@H]1Cc2cc(Cl)ccc2-n2c(nnc2[C@H]2CC[C@H](Oc3ccccn3)CC2)C1. The number of nitrogens with one attached hydrogen (secondary N) is 1. The van der Waals surface area contributed by atoms with E-state index >= 15 is 0 Å². The lowest BCUT2D eigenvalue weighted by molar-refractivity contribution is 0.139. The second-order valence-corrected chi connectivity index (χ2v) is 9.23. The number of fused-ring (bicyclic) bond motifs is 3. The summed E-state index contributed by atoms with van der Waals surface area (Å²) in [5.41, 5.74) is 2.23. The second-order valence-electron chi connectivity index (χ2n) is 8.79. The molecule has 1 aliphatic carbocycles. The molecule has 2 atom stereocenters. The highest BCUT2D eigenvalue weighted by Crippen LogP contribution is 2.37. The number of hydrogen-bond acceptors (Lipinski definition) is 6. The van der Waals surface area contributed by atoms with Crippen molar-refractivity contribution in [3.8, 4) is 11.6 Å². The van der Waals surface area contributed by atoms with Crippen LogP contribution in [0.3, 0.4) is 0 Å². The van der Waals surface area contributed by atoms with Gasteiger partial charge in [0.05, 0.1) is 5.69 Å². The lowest BCUT2D eigenvalue weighted by Gasteiger charge is -2.28. The summed E-state index contributed by atoms with van der Waals surface area (Å²) >= 11 is 6.33. The summed E-state index contributed by atoms with van der Waals surface area (Å²) in [5.74, 6) is 2.95. The van der Waals surface area contributed by atoms with Gasteiger partial charge in [-0.2, -0.15) is 0 Å². The maximum atomic E-state index is 9.89. The second kappa shape index (κ2) is 9.17. The number of rotatable bonds is 5. The third-order valence-corrected chi connectivity index (χ3v) is 6.61. The first-order chi connectivity index (χ1) is 15.6. The Bertz CT molecular complexity index is 1060. The van der Waals surface area contributed by atoms with Crippen LogP contribution in [-0.4, -0.2) is 43.2 Å². The molecular weight excluding hydrogens is 426 g/mol. The Morgan fingerprint density at radius 3 is 2.72 bits per heavy atom. The Balaban J connectivity index is 1.39. The van der Waals surface area contributed by atoms with Crippen molar-refractivity contribution in [2.45, 2.75) is 69.7 Å². The molecule has 32 heavy (non-hydrogen) atoms. The van der Waals surface area contributed by atoms with E-state index in [0.717, 1.165) is 55.0 Å². The van der Waals surface area contributed by atoms with Crippen molar-refractivity contribution in [2.24, 2.45) is 0 Å². The van der Waals surface area contributed by atoms with Crippen molar-refractivity contribution >= 4 is 11.6 Å². The Morgan fingerprint density at radius 2 is 1.97 bits per heavy atom. The molecule has 0 spiro atoms. The van der Waals surface area contributed by atoms with Gasteiger partial charge in [0.15, 0.2) is 0 Å². The van der Waals surface area contributed by atoms with Crippen LogP contribution in [0.4, 0.5) is 0 Å². The Kier molecular flexibility index (Phi) is 6.13. The highest BCUT2D eigenvalue weighted by atomic mass is 35.5. The lowest BCUT2D eigenvalue weighted by atomic mass is 9.86. The molecule has 5 rings (SSSR count). The summed E-state index contributed by atoms with van der Waals surface area (Å²) in [6.45, 7) is 1.74. The van der Waals surface area contributed by atoms with E-state index in [0.29, 0.717) is 23.2 Å². The Morgan fingerprint density at radius 1 is 1.12 bits per heavy atom. The number of aliphatic hydroxyl groups is 1. The van der Waals surface area contributed by atoms with E-state index in [-0.39, 0.29) is 12.1 Å². The first-order valence-electron chi connectivity index (χ1n) is 11.3. The Labute approximate surface area is 192 Å². The van der Waals surface area contributed by atoms with Gasteiger partial charge >= 0.3 is 0 Å². The number of aliphatic hydroxyl groups excluding tert-OH is 1. The van der Waals surface area contributed by atoms with Crippen LogP contribution < -0.4 is 10.1 Å². The van der Waals surface area contributed by atoms with E-state index in [2.05, 4.69) is 31.1 Å². The number of aromatic nitrogens is 4. The van der Waals surface area contributed by atoms with Gasteiger partial charge in [0.2, 0.25) is 5.88 Å². The normalized spacial score (nSPS) is 23.7. The molecule has 1 aromatic carbocycles. The molecular formula is C24H28ClN5O2. The van der Waals surface area contributed by atoms with Gasteiger partial charge in [-0.05, 0) is 68.9 Å². The third kappa shape index (κ3) is 4.51. The monoisotopic (exact) mass is 453 g/mol. The van der Waals surface area contributed by atoms with Crippen molar-refractivity contribution in [3.05, 3.63) is 64.8 Å². The van der Waals surface area contributed by atoms with Gasteiger partial charge in [-0.25, -0.2) is 4.98 Å². The molecule has 3 heterocycles. The van der Waals surface area contributed by atoms with Crippen molar-refractivity contribution in [1.82, 2.24) is 25.1 Å². The molecule has 1 aliphatic heterocycles. The van der Waals surface area contributed by atoms with Crippen LogP contribution in [0.2, 0.25) is 5.02 Å². The highest BCUT2D eigenvalue weighted by Gasteiger charge is 2.32. The number of pyridine rings is 1. The van der Waals surface area contributed by atoms with Gasteiger partial charge < -0.3 is 9.84 Å². The van der Waals surface area contributed by atoms with E-state index in [1.54, 1.807) is 13.1 Å². The number of ether oxygens (including phenoxy) is 1. The fraction of sp³-hybridized carbons (Fsp3) is 0.458. The van der Waals surface area contributed by atoms with Crippen molar-refractivity contribution in [3.63, 3.8) is 0 Å². The quantitative estimate of drug-likeness (QED) is 0.571. The molecule has 2 aromatic heterocycles. The minimum Gasteiger partial charge on any atom is -0.474 e. The summed E-state index contributed by atoms with van der Waals surface area (Å²) in [5, 5.41) is 23.1. The topological polar surface area (TPSA) is 85.1 Å². The Hall–Kier alpha value is -2.48.